The zero-order valence-electron chi connectivity index (χ0n) is 21.3. The topological polar surface area (TPSA) is 228 Å². The van der Waals surface area contributed by atoms with Crippen molar-refractivity contribution in [1.82, 2.24) is 5.32 Å². The summed E-state index contributed by atoms with van der Waals surface area (Å²) in [5.74, 6) is -0.962. The number of phenolic OH excluding ortho intramolecular Hbond substituents is 2. The molecule has 1 amide bonds. The van der Waals surface area contributed by atoms with Crippen molar-refractivity contribution >= 4 is 27.5 Å². The number of hydrogen-bond acceptors (Lipinski definition) is 11. The fraction of sp³-hybridized carbons (Fsp3) is 0.200. The molecule has 2 heterocycles. The Balaban J connectivity index is 1.27. The highest BCUT2D eigenvalue weighted by molar-refractivity contribution is 7.60. The normalized spacial score (nSPS) is 16.0. The molecule has 2 aliphatic rings. The van der Waals surface area contributed by atoms with Gasteiger partial charge in [-0.1, -0.05) is 6.07 Å². The summed E-state index contributed by atoms with van der Waals surface area (Å²) in [4.78, 5) is 52.2. The van der Waals surface area contributed by atoms with Gasteiger partial charge in [-0.15, -0.1) is 0 Å². The number of amides is 1. The zero-order chi connectivity index (χ0) is 30.3. The monoisotopic (exact) mass is 623 g/mol. The number of nitrogens with one attached hydrogen (secondary N) is 1. The molecule has 0 aliphatic carbocycles. The summed E-state index contributed by atoms with van der Waals surface area (Å²) in [5.41, 5.74) is 0.118. The van der Waals surface area contributed by atoms with E-state index in [0.29, 0.717) is 16.7 Å². The van der Waals surface area contributed by atoms with Crippen LogP contribution in [0.4, 0.5) is 0 Å². The smallest absolute Gasteiger partial charge is 0.481 e. The van der Waals surface area contributed by atoms with Crippen LogP contribution in [0, 0.1) is 0 Å². The molecule has 222 valence electrons. The van der Waals surface area contributed by atoms with Crippen molar-refractivity contribution in [3.8, 4) is 23.0 Å². The fourth-order valence-electron chi connectivity index (χ4n) is 4.66. The molecule has 0 saturated carbocycles. The molecule has 0 bridgehead atoms. The Morgan fingerprint density at radius 3 is 2.10 bits per heavy atom. The third-order valence-electron chi connectivity index (χ3n) is 6.26. The SMILES string of the molecule is O=C(NCCOCCOP(=O)(O)OP(=O)(O)O)c1ccc2c(c1)C(=O)OC21c2ccc(O)cc2Oc2cc(O)ccc21. The van der Waals surface area contributed by atoms with Crippen molar-refractivity contribution in [1.29, 1.82) is 0 Å². The molecule has 0 fully saturated rings. The van der Waals surface area contributed by atoms with Crippen molar-refractivity contribution in [2.75, 3.05) is 26.4 Å². The van der Waals surface area contributed by atoms with Crippen molar-refractivity contribution in [2.24, 2.45) is 0 Å². The van der Waals surface area contributed by atoms with Crippen LogP contribution < -0.4 is 10.1 Å². The van der Waals surface area contributed by atoms with E-state index in [1.165, 1.54) is 36.4 Å². The van der Waals surface area contributed by atoms with E-state index in [9.17, 15) is 33.8 Å². The molecule has 15 nitrogen and oxygen atoms in total. The summed E-state index contributed by atoms with van der Waals surface area (Å²) in [5, 5.41) is 22.6. The number of phenols is 2. The third kappa shape index (κ3) is 5.91. The molecule has 17 heteroatoms. The van der Waals surface area contributed by atoms with Crippen LogP contribution in [0.1, 0.15) is 37.4 Å². The first kappa shape index (κ1) is 29.7. The number of ether oxygens (including phenoxy) is 3. The van der Waals surface area contributed by atoms with E-state index in [1.807, 2.05) is 0 Å². The standard InChI is InChI=1S/C25H23NO14P2/c27-15-2-5-19-21(12-15)38-22-13-16(28)3-6-20(22)25(19)18-4-1-14(11-17(18)24(30)39-25)23(29)26-7-8-36-9-10-37-42(34,35)40-41(31,32)33/h1-6,11-13,27-28H,7-10H2,(H,26,29)(H,34,35)(H2,31,32,33). The number of carbonyl (C=O) groups excluding carboxylic acids is 2. The molecule has 6 N–H and O–H groups in total. The molecule has 1 unspecified atom stereocenters. The van der Waals surface area contributed by atoms with Gasteiger partial charge in [0.25, 0.3) is 5.91 Å². The van der Waals surface area contributed by atoms with E-state index >= 15 is 0 Å². The summed E-state index contributed by atoms with van der Waals surface area (Å²) in [6.07, 6.45) is 0. The molecule has 0 aromatic heterocycles. The van der Waals surface area contributed by atoms with Gasteiger partial charge in [0, 0.05) is 40.9 Å². The van der Waals surface area contributed by atoms with Crippen LogP contribution in [0.15, 0.2) is 54.6 Å². The van der Waals surface area contributed by atoms with Crippen LogP contribution in [0.25, 0.3) is 0 Å². The van der Waals surface area contributed by atoms with Gasteiger partial charge in [-0.3, -0.25) is 9.32 Å². The van der Waals surface area contributed by atoms with Crippen LogP contribution in [-0.2, 0) is 33.0 Å². The van der Waals surface area contributed by atoms with Gasteiger partial charge in [0.15, 0.2) is 5.60 Å². The van der Waals surface area contributed by atoms with Gasteiger partial charge in [-0.25, -0.2) is 13.9 Å². The average Bonchev–Trinajstić information content (AvgIpc) is 3.18. The summed E-state index contributed by atoms with van der Waals surface area (Å²) < 4.78 is 47.0. The number of phosphoric acid groups is 2. The van der Waals surface area contributed by atoms with Crippen molar-refractivity contribution in [3.05, 3.63) is 82.4 Å². The molecular formula is C25H23NO14P2. The van der Waals surface area contributed by atoms with Crippen LogP contribution >= 0.6 is 15.6 Å². The Morgan fingerprint density at radius 2 is 1.48 bits per heavy atom. The van der Waals surface area contributed by atoms with Gasteiger partial charge < -0.3 is 44.4 Å². The van der Waals surface area contributed by atoms with Gasteiger partial charge in [0.1, 0.15) is 23.0 Å². The number of benzene rings is 3. The summed E-state index contributed by atoms with van der Waals surface area (Å²) in [6, 6.07) is 13.2. The summed E-state index contributed by atoms with van der Waals surface area (Å²) in [7, 11) is -10.2. The Kier molecular flexibility index (Phi) is 7.88. The van der Waals surface area contributed by atoms with Gasteiger partial charge in [0.2, 0.25) is 0 Å². The predicted octanol–water partition coefficient (Wildman–Crippen LogP) is 2.64. The second-order valence-corrected chi connectivity index (χ2v) is 11.9. The zero-order valence-corrected chi connectivity index (χ0v) is 23.1. The first-order chi connectivity index (χ1) is 19.8. The molecular weight excluding hydrogens is 600 g/mol. The molecule has 0 radical (unpaired) electrons. The highest BCUT2D eigenvalue weighted by atomic mass is 31.3. The lowest BCUT2D eigenvalue weighted by Gasteiger charge is -2.36. The first-order valence-corrected chi connectivity index (χ1v) is 15.1. The highest BCUT2D eigenvalue weighted by Crippen LogP contribution is 2.58. The number of rotatable bonds is 10. The first-order valence-electron chi connectivity index (χ1n) is 12.1. The van der Waals surface area contributed by atoms with Crippen molar-refractivity contribution < 1.29 is 66.7 Å². The Labute approximate surface area is 237 Å². The van der Waals surface area contributed by atoms with E-state index in [0.717, 1.165) is 0 Å². The van der Waals surface area contributed by atoms with E-state index < -0.39 is 39.7 Å². The Morgan fingerprint density at radius 1 is 0.857 bits per heavy atom. The minimum Gasteiger partial charge on any atom is -0.508 e. The molecule has 2 aliphatic heterocycles. The van der Waals surface area contributed by atoms with Crippen LogP contribution in [0.2, 0.25) is 0 Å². The van der Waals surface area contributed by atoms with Crippen molar-refractivity contribution in [3.63, 3.8) is 0 Å². The molecule has 5 rings (SSSR count). The Hall–Kier alpha value is -3.78. The average molecular weight is 623 g/mol. The third-order valence-corrected chi connectivity index (χ3v) is 8.44. The van der Waals surface area contributed by atoms with Crippen LogP contribution in [0.5, 0.6) is 23.0 Å². The molecule has 1 atom stereocenters. The second kappa shape index (κ2) is 11.1. The van der Waals surface area contributed by atoms with E-state index in [4.69, 9.17) is 24.0 Å². The largest absolute Gasteiger partial charge is 0.508 e. The van der Waals surface area contributed by atoms with Gasteiger partial charge >= 0.3 is 21.6 Å². The number of phosphoric ester groups is 1. The number of aromatic hydroxyl groups is 2. The lowest BCUT2D eigenvalue weighted by molar-refractivity contribution is 0.0224. The summed E-state index contributed by atoms with van der Waals surface area (Å²) >= 11 is 0. The van der Waals surface area contributed by atoms with Crippen LogP contribution in [-0.4, -0.2) is 63.1 Å². The maximum absolute atomic E-state index is 13.2. The Bertz CT molecular complexity index is 1620. The lowest BCUT2D eigenvalue weighted by atomic mass is 9.77. The molecule has 0 saturated heterocycles. The maximum atomic E-state index is 13.2. The molecule has 1 spiro atoms. The minimum absolute atomic E-state index is 0.00510. The second-order valence-electron chi connectivity index (χ2n) is 9.04. The number of fused-ring (bicyclic) bond motifs is 6. The highest BCUT2D eigenvalue weighted by Gasteiger charge is 2.53. The van der Waals surface area contributed by atoms with E-state index in [1.54, 1.807) is 18.2 Å². The van der Waals surface area contributed by atoms with E-state index in [2.05, 4.69) is 14.2 Å². The van der Waals surface area contributed by atoms with Gasteiger partial charge in [-0.05, 0) is 36.4 Å². The predicted molar refractivity (Wildman–Crippen MR) is 140 cm³/mol. The maximum Gasteiger partial charge on any atom is 0.481 e. The summed E-state index contributed by atoms with van der Waals surface area (Å²) in [6.45, 7) is -0.814. The van der Waals surface area contributed by atoms with Crippen LogP contribution in [0.3, 0.4) is 0 Å². The van der Waals surface area contributed by atoms with Gasteiger partial charge in [0.05, 0.1) is 25.4 Å². The van der Waals surface area contributed by atoms with E-state index in [-0.39, 0.29) is 53.9 Å². The minimum atomic E-state index is -5.22. The lowest BCUT2D eigenvalue weighted by Crippen LogP contribution is -2.33. The number of carbonyl (C=O) groups is 2. The quantitative estimate of drug-likeness (QED) is 0.108. The molecule has 3 aromatic carbocycles. The number of hydrogen-bond donors (Lipinski definition) is 6. The van der Waals surface area contributed by atoms with Crippen molar-refractivity contribution in [2.45, 2.75) is 5.60 Å². The number of esters is 1. The fourth-order valence-corrected chi connectivity index (χ4v) is 6.23. The molecule has 3 aromatic rings. The molecule has 42 heavy (non-hydrogen) atoms. The van der Waals surface area contributed by atoms with Gasteiger partial charge in [-0.2, -0.15) is 4.31 Å².